The minimum atomic E-state index is -1.56. The minimum absolute atomic E-state index is 0.105. The molecule has 0 radical (unpaired) electrons. The Labute approximate surface area is 155 Å². The van der Waals surface area contributed by atoms with Crippen molar-refractivity contribution in [2.75, 3.05) is 5.32 Å². The van der Waals surface area contributed by atoms with E-state index in [0.717, 1.165) is 11.3 Å². The second-order valence-corrected chi connectivity index (χ2v) is 6.14. The van der Waals surface area contributed by atoms with Crippen LogP contribution in [0.1, 0.15) is 26.4 Å². The van der Waals surface area contributed by atoms with E-state index in [1.807, 2.05) is 6.07 Å². The number of anilines is 1. The quantitative estimate of drug-likeness (QED) is 0.538. The lowest BCUT2D eigenvalue weighted by Crippen LogP contribution is -2.16. The van der Waals surface area contributed by atoms with Gasteiger partial charge in [-0.15, -0.1) is 11.3 Å². The maximum atomic E-state index is 12.4. The second-order valence-electron chi connectivity index (χ2n) is 5.23. The molecule has 0 saturated heterocycles. The summed E-state index contributed by atoms with van der Waals surface area (Å²) in [4.78, 5) is 41.7. The number of carbonyl (C=O) groups excluding carboxylic acids is 1. The van der Waals surface area contributed by atoms with E-state index in [0.29, 0.717) is 10.4 Å². The standard InChI is InChI=1S/C17H10N4O5S/c18-7-8-2-1-3-9(6-8)15(23)19-10-4-5-27-13(10)14-20-11(17(25)26)12(22)16(24)21-14/h1-6,22H,(H,19,23)(H,25,26)(H,20,21,24). The molecule has 1 aromatic carbocycles. The van der Waals surface area contributed by atoms with Gasteiger partial charge < -0.3 is 20.5 Å². The van der Waals surface area contributed by atoms with Crippen molar-refractivity contribution in [1.29, 1.82) is 5.26 Å². The number of hydrogen-bond acceptors (Lipinski definition) is 7. The monoisotopic (exact) mass is 382 g/mol. The molecule has 0 aliphatic rings. The topological polar surface area (TPSA) is 156 Å². The summed E-state index contributed by atoms with van der Waals surface area (Å²) in [6.45, 7) is 0. The number of nitriles is 1. The molecule has 0 bridgehead atoms. The van der Waals surface area contributed by atoms with E-state index in [4.69, 9.17) is 10.4 Å². The fourth-order valence-electron chi connectivity index (χ4n) is 2.24. The molecule has 2 aromatic heterocycles. The number of hydrogen-bond donors (Lipinski definition) is 4. The van der Waals surface area contributed by atoms with Gasteiger partial charge in [0.1, 0.15) is 0 Å². The first kappa shape index (κ1) is 17.8. The number of aromatic carboxylic acids is 1. The number of aromatic amines is 1. The molecular weight excluding hydrogens is 372 g/mol. The average Bonchev–Trinajstić information content (AvgIpc) is 3.11. The summed E-state index contributed by atoms with van der Waals surface area (Å²) in [5.74, 6) is -3.16. The van der Waals surface area contributed by atoms with Gasteiger partial charge in [-0.2, -0.15) is 5.26 Å². The summed E-state index contributed by atoms with van der Waals surface area (Å²) >= 11 is 1.11. The van der Waals surface area contributed by atoms with E-state index < -0.39 is 28.9 Å². The van der Waals surface area contributed by atoms with Gasteiger partial charge >= 0.3 is 5.97 Å². The Kier molecular flexibility index (Phi) is 4.69. The number of carboxylic acids is 1. The Bertz CT molecular complexity index is 1160. The van der Waals surface area contributed by atoms with Gasteiger partial charge in [-0.1, -0.05) is 6.07 Å². The van der Waals surface area contributed by atoms with Crippen molar-refractivity contribution in [3.05, 3.63) is 62.9 Å². The van der Waals surface area contributed by atoms with E-state index >= 15 is 0 Å². The van der Waals surface area contributed by atoms with E-state index in [-0.39, 0.29) is 17.1 Å². The summed E-state index contributed by atoms with van der Waals surface area (Å²) in [5, 5.41) is 31.7. The molecule has 9 nitrogen and oxygen atoms in total. The highest BCUT2D eigenvalue weighted by Gasteiger charge is 2.20. The molecule has 0 atom stereocenters. The molecule has 27 heavy (non-hydrogen) atoms. The molecule has 4 N–H and O–H groups in total. The Morgan fingerprint density at radius 1 is 1.30 bits per heavy atom. The number of carbonyl (C=O) groups is 2. The molecule has 134 valence electrons. The van der Waals surface area contributed by atoms with Crippen LogP contribution in [-0.2, 0) is 0 Å². The number of nitrogens with one attached hydrogen (secondary N) is 2. The lowest BCUT2D eigenvalue weighted by atomic mass is 10.1. The number of H-pyrrole nitrogens is 1. The molecule has 3 rings (SSSR count). The normalized spacial score (nSPS) is 10.2. The largest absolute Gasteiger partial charge is 0.501 e. The summed E-state index contributed by atoms with van der Waals surface area (Å²) in [6, 6.07) is 9.58. The van der Waals surface area contributed by atoms with Gasteiger partial charge in [0, 0.05) is 5.56 Å². The van der Waals surface area contributed by atoms with Crippen molar-refractivity contribution in [3.8, 4) is 22.5 Å². The molecule has 0 fully saturated rings. The number of benzene rings is 1. The zero-order valence-electron chi connectivity index (χ0n) is 13.4. The number of amides is 1. The summed E-state index contributed by atoms with van der Waals surface area (Å²) in [6.07, 6.45) is 0. The van der Waals surface area contributed by atoms with Crippen LogP contribution in [0.15, 0.2) is 40.5 Å². The SMILES string of the molecule is N#Cc1cccc(C(=O)Nc2ccsc2-c2nc(C(=O)O)c(O)c(=O)[nH]2)c1. The van der Waals surface area contributed by atoms with Gasteiger partial charge in [-0.3, -0.25) is 9.59 Å². The Morgan fingerprint density at radius 2 is 2.07 bits per heavy atom. The fraction of sp³-hybridized carbons (Fsp3) is 0. The zero-order chi connectivity index (χ0) is 19.6. The van der Waals surface area contributed by atoms with E-state index in [2.05, 4.69) is 15.3 Å². The number of aromatic nitrogens is 2. The molecule has 2 heterocycles. The summed E-state index contributed by atoms with van der Waals surface area (Å²) in [5.41, 5.74) is -0.933. The molecular formula is C17H10N4O5S. The second kappa shape index (κ2) is 7.11. The zero-order valence-corrected chi connectivity index (χ0v) is 14.2. The Morgan fingerprint density at radius 3 is 2.78 bits per heavy atom. The van der Waals surface area contributed by atoms with E-state index in [1.165, 1.54) is 12.1 Å². The molecule has 0 unspecified atom stereocenters. The fourth-order valence-corrected chi connectivity index (χ4v) is 3.03. The molecule has 1 amide bonds. The highest BCUT2D eigenvalue weighted by molar-refractivity contribution is 7.14. The van der Waals surface area contributed by atoms with Gasteiger partial charge in [-0.05, 0) is 29.6 Å². The van der Waals surface area contributed by atoms with Crippen molar-refractivity contribution < 1.29 is 19.8 Å². The molecule has 0 saturated carbocycles. The first-order valence-corrected chi connectivity index (χ1v) is 8.24. The van der Waals surface area contributed by atoms with Crippen LogP contribution in [0.5, 0.6) is 5.75 Å². The Hall–Kier alpha value is -3.97. The maximum Gasteiger partial charge on any atom is 0.358 e. The van der Waals surface area contributed by atoms with Gasteiger partial charge in [0.15, 0.2) is 11.5 Å². The minimum Gasteiger partial charge on any atom is -0.501 e. The van der Waals surface area contributed by atoms with Crippen molar-refractivity contribution >= 4 is 28.9 Å². The number of aromatic hydroxyl groups is 1. The highest BCUT2D eigenvalue weighted by atomic mass is 32.1. The van der Waals surface area contributed by atoms with Crippen LogP contribution in [0.3, 0.4) is 0 Å². The first-order chi connectivity index (χ1) is 12.9. The number of carboxylic acid groups (broad SMARTS) is 1. The third-order valence-electron chi connectivity index (χ3n) is 3.48. The molecule has 0 aliphatic carbocycles. The number of thiophene rings is 1. The first-order valence-electron chi connectivity index (χ1n) is 7.36. The van der Waals surface area contributed by atoms with E-state index in [9.17, 15) is 19.5 Å². The average molecular weight is 382 g/mol. The molecule has 3 aromatic rings. The maximum absolute atomic E-state index is 12.4. The summed E-state index contributed by atoms with van der Waals surface area (Å²) < 4.78 is 0. The molecule has 10 heteroatoms. The van der Waals surface area contributed by atoms with Crippen molar-refractivity contribution in [2.45, 2.75) is 0 Å². The third kappa shape index (κ3) is 3.53. The van der Waals surface area contributed by atoms with Gasteiger partial charge in [0.25, 0.3) is 11.5 Å². The predicted octanol–water partition coefficient (Wildman–Crippen LogP) is 2.03. The van der Waals surface area contributed by atoms with Crippen LogP contribution in [0.4, 0.5) is 5.69 Å². The van der Waals surface area contributed by atoms with Crippen LogP contribution in [0, 0.1) is 11.3 Å². The van der Waals surface area contributed by atoms with Crippen molar-refractivity contribution in [2.24, 2.45) is 0 Å². The smallest absolute Gasteiger partial charge is 0.358 e. The lowest BCUT2D eigenvalue weighted by Gasteiger charge is -2.07. The van der Waals surface area contributed by atoms with Crippen LogP contribution in [0.2, 0.25) is 0 Å². The van der Waals surface area contributed by atoms with E-state index in [1.54, 1.807) is 23.6 Å². The lowest BCUT2D eigenvalue weighted by molar-refractivity contribution is 0.0686. The summed E-state index contributed by atoms with van der Waals surface area (Å²) in [7, 11) is 0. The van der Waals surface area contributed by atoms with Gasteiger partial charge in [-0.25, -0.2) is 9.78 Å². The van der Waals surface area contributed by atoms with Crippen molar-refractivity contribution in [1.82, 2.24) is 9.97 Å². The number of rotatable bonds is 4. The predicted molar refractivity (Wildman–Crippen MR) is 95.9 cm³/mol. The third-order valence-corrected chi connectivity index (χ3v) is 4.40. The van der Waals surface area contributed by atoms with Crippen molar-refractivity contribution in [3.63, 3.8) is 0 Å². The van der Waals surface area contributed by atoms with Crippen LogP contribution >= 0.6 is 11.3 Å². The Balaban J connectivity index is 1.97. The van der Waals surface area contributed by atoms with Gasteiger partial charge in [0.2, 0.25) is 5.75 Å². The molecule has 0 aliphatic heterocycles. The van der Waals surface area contributed by atoms with Gasteiger partial charge in [0.05, 0.1) is 22.2 Å². The van der Waals surface area contributed by atoms with Crippen LogP contribution < -0.4 is 10.9 Å². The van der Waals surface area contributed by atoms with Crippen LogP contribution in [0.25, 0.3) is 10.7 Å². The number of nitrogens with zero attached hydrogens (tertiary/aromatic N) is 2. The molecule has 0 spiro atoms. The van der Waals surface area contributed by atoms with Crippen LogP contribution in [-0.4, -0.2) is 32.1 Å². The highest BCUT2D eigenvalue weighted by Crippen LogP contribution is 2.32.